The van der Waals surface area contributed by atoms with Crippen molar-refractivity contribution in [3.05, 3.63) is 29.8 Å². The standard InChI is InChI=1S/C14H14F2N2O2/c15-10-2-1-3-11(16)12(10)18-14(20)9-6-8(9)13(19)17-7-4-5-7/h1-3,7-9H,4-6H2,(H,17,19)(H,18,20). The normalized spacial score (nSPS) is 24.1. The van der Waals surface area contributed by atoms with Crippen molar-refractivity contribution in [2.75, 3.05) is 5.32 Å². The predicted molar refractivity (Wildman–Crippen MR) is 67.7 cm³/mol. The smallest absolute Gasteiger partial charge is 0.228 e. The van der Waals surface area contributed by atoms with Gasteiger partial charge in [-0.15, -0.1) is 0 Å². The molecule has 0 spiro atoms. The molecule has 2 atom stereocenters. The van der Waals surface area contributed by atoms with E-state index in [-0.39, 0.29) is 17.9 Å². The molecular weight excluding hydrogens is 266 g/mol. The molecule has 0 radical (unpaired) electrons. The van der Waals surface area contributed by atoms with Crippen molar-refractivity contribution in [1.29, 1.82) is 0 Å². The van der Waals surface area contributed by atoms with Crippen LogP contribution in [0.1, 0.15) is 19.3 Å². The zero-order valence-corrected chi connectivity index (χ0v) is 10.7. The number of amides is 2. The molecule has 0 aromatic heterocycles. The molecule has 6 heteroatoms. The molecule has 2 unspecified atom stereocenters. The fourth-order valence-corrected chi connectivity index (χ4v) is 2.14. The van der Waals surface area contributed by atoms with E-state index in [0.29, 0.717) is 6.42 Å². The van der Waals surface area contributed by atoms with Crippen molar-refractivity contribution in [3.8, 4) is 0 Å². The summed E-state index contributed by atoms with van der Waals surface area (Å²) < 4.78 is 26.8. The highest BCUT2D eigenvalue weighted by molar-refractivity contribution is 5.99. The Balaban J connectivity index is 1.59. The van der Waals surface area contributed by atoms with E-state index in [2.05, 4.69) is 10.6 Å². The highest BCUT2D eigenvalue weighted by Crippen LogP contribution is 2.40. The van der Waals surface area contributed by atoms with Crippen LogP contribution in [0.4, 0.5) is 14.5 Å². The first-order valence-electron chi connectivity index (χ1n) is 6.61. The summed E-state index contributed by atoms with van der Waals surface area (Å²) in [5, 5.41) is 5.05. The van der Waals surface area contributed by atoms with E-state index in [0.717, 1.165) is 25.0 Å². The number of benzene rings is 1. The first-order chi connectivity index (χ1) is 9.56. The summed E-state index contributed by atoms with van der Waals surface area (Å²) in [5.74, 6) is -3.15. The van der Waals surface area contributed by atoms with Crippen LogP contribution in [0.3, 0.4) is 0 Å². The Kier molecular flexibility index (Phi) is 3.16. The third kappa shape index (κ3) is 2.64. The van der Waals surface area contributed by atoms with Gasteiger partial charge in [0.25, 0.3) is 0 Å². The second-order valence-corrected chi connectivity index (χ2v) is 5.32. The maximum Gasteiger partial charge on any atom is 0.228 e. The average molecular weight is 280 g/mol. The lowest BCUT2D eigenvalue weighted by molar-refractivity contribution is -0.125. The van der Waals surface area contributed by atoms with Crippen molar-refractivity contribution < 1.29 is 18.4 Å². The topological polar surface area (TPSA) is 58.2 Å². The minimum atomic E-state index is -0.821. The SMILES string of the molecule is O=C(Nc1c(F)cccc1F)C1CC1C(=O)NC1CC1. The highest BCUT2D eigenvalue weighted by Gasteiger charge is 2.49. The molecule has 2 N–H and O–H groups in total. The largest absolute Gasteiger partial charge is 0.353 e. The number of hydrogen-bond donors (Lipinski definition) is 2. The Morgan fingerprint density at radius 1 is 1.05 bits per heavy atom. The second kappa shape index (κ2) is 4.85. The molecule has 1 aromatic rings. The van der Waals surface area contributed by atoms with Gasteiger partial charge in [0.1, 0.15) is 17.3 Å². The summed E-state index contributed by atoms with van der Waals surface area (Å²) in [7, 11) is 0. The maximum absolute atomic E-state index is 13.4. The van der Waals surface area contributed by atoms with E-state index < -0.39 is 29.1 Å². The fraction of sp³-hybridized carbons (Fsp3) is 0.429. The third-order valence-corrected chi connectivity index (χ3v) is 3.60. The molecule has 2 amide bonds. The van der Waals surface area contributed by atoms with Crippen LogP contribution in [0, 0.1) is 23.5 Å². The molecule has 0 bridgehead atoms. The van der Waals surface area contributed by atoms with Gasteiger partial charge in [-0.2, -0.15) is 0 Å². The van der Waals surface area contributed by atoms with Gasteiger partial charge in [-0.25, -0.2) is 8.78 Å². The van der Waals surface area contributed by atoms with Crippen molar-refractivity contribution in [2.45, 2.75) is 25.3 Å². The molecule has 4 nitrogen and oxygen atoms in total. The summed E-state index contributed by atoms with van der Waals surface area (Å²) in [4.78, 5) is 23.6. The number of hydrogen-bond acceptors (Lipinski definition) is 2. The van der Waals surface area contributed by atoms with Gasteiger partial charge >= 0.3 is 0 Å². The Morgan fingerprint density at radius 3 is 2.25 bits per heavy atom. The summed E-state index contributed by atoms with van der Waals surface area (Å²) in [6.07, 6.45) is 2.39. The van der Waals surface area contributed by atoms with Crippen molar-refractivity contribution in [2.24, 2.45) is 11.8 Å². The Labute approximate surface area is 114 Å². The van der Waals surface area contributed by atoms with Crippen LogP contribution >= 0.6 is 0 Å². The molecular formula is C14H14F2N2O2. The van der Waals surface area contributed by atoms with Gasteiger partial charge in [-0.05, 0) is 31.4 Å². The van der Waals surface area contributed by atoms with E-state index in [1.807, 2.05) is 0 Å². The van der Waals surface area contributed by atoms with Gasteiger partial charge in [-0.1, -0.05) is 6.07 Å². The van der Waals surface area contributed by atoms with Crippen LogP contribution in [-0.2, 0) is 9.59 Å². The molecule has 2 saturated carbocycles. The van der Waals surface area contributed by atoms with Gasteiger partial charge < -0.3 is 10.6 Å². The van der Waals surface area contributed by atoms with Crippen molar-refractivity contribution >= 4 is 17.5 Å². The predicted octanol–water partition coefficient (Wildman–Crippen LogP) is 1.82. The first-order valence-corrected chi connectivity index (χ1v) is 6.61. The number of anilines is 1. The van der Waals surface area contributed by atoms with Gasteiger partial charge in [0.2, 0.25) is 11.8 Å². The number of nitrogens with one attached hydrogen (secondary N) is 2. The van der Waals surface area contributed by atoms with E-state index >= 15 is 0 Å². The number of rotatable bonds is 4. The van der Waals surface area contributed by atoms with Crippen LogP contribution in [-0.4, -0.2) is 17.9 Å². The third-order valence-electron chi connectivity index (χ3n) is 3.60. The van der Waals surface area contributed by atoms with Crippen LogP contribution in [0.15, 0.2) is 18.2 Å². The van der Waals surface area contributed by atoms with Crippen LogP contribution in [0.5, 0.6) is 0 Å². The summed E-state index contributed by atoms with van der Waals surface area (Å²) in [6, 6.07) is 3.62. The van der Waals surface area contributed by atoms with E-state index in [9.17, 15) is 18.4 Å². The minimum absolute atomic E-state index is 0.137. The number of halogens is 2. The lowest BCUT2D eigenvalue weighted by Gasteiger charge is -2.07. The fourth-order valence-electron chi connectivity index (χ4n) is 2.14. The number of carbonyl (C=O) groups excluding carboxylic acids is 2. The molecule has 3 rings (SSSR count). The average Bonchev–Trinajstić information content (AvgIpc) is 3.25. The lowest BCUT2D eigenvalue weighted by Crippen LogP contribution is -2.29. The summed E-state index contributed by atoms with van der Waals surface area (Å²) in [6.45, 7) is 0. The Hall–Kier alpha value is -1.98. The van der Waals surface area contributed by atoms with E-state index in [1.54, 1.807) is 0 Å². The Morgan fingerprint density at radius 2 is 1.65 bits per heavy atom. The van der Waals surface area contributed by atoms with Gasteiger partial charge in [0.15, 0.2) is 0 Å². The molecule has 0 heterocycles. The molecule has 106 valence electrons. The first kappa shape index (κ1) is 13.0. The molecule has 2 fully saturated rings. The monoisotopic (exact) mass is 280 g/mol. The number of carbonyl (C=O) groups is 2. The highest BCUT2D eigenvalue weighted by atomic mass is 19.1. The lowest BCUT2D eigenvalue weighted by atomic mass is 10.2. The Bertz CT molecular complexity index is 552. The second-order valence-electron chi connectivity index (χ2n) is 5.32. The zero-order chi connectivity index (χ0) is 14.3. The molecule has 2 aliphatic rings. The van der Waals surface area contributed by atoms with E-state index in [1.165, 1.54) is 6.07 Å². The summed E-state index contributed by atoms with van der Waals surface area (Å²) >= 11 is 0. The number of para-hydroxylation sites is 1. The van der Waals surface area contributed by atoms with E-state index in [4.69, 9.17) is 0 Å². The van der Waals surface area contributed by atoms with Gasteiger partial charge in [0, 0.05) is 6.04 Å². The van der Waals surface area contributed by atoms with Gasteiger partial charge in [-0.3, -0.25) is 9.59 Å². The quantitative estimate of drug-likeness (QED) is 0.884. The van der Waals surface area contributed by atoms with Crippen LogP contribution in [0.2, 0.25) is 0 Å². The minimum Gasteiger partial charge on any atom is -0.353 e. The molecule has 2 aliphatic carbocycles. The van der Waals surface area contributed by atoms with Crippen LogP contribution in [0.25, 0.3) is 0 Å². The van der Waals surface area contributed by atoms with Crippen LogP contribution < -0.4 is 10.6 Å². The summed E-state index contributed by atoms with van der Waals surface area (Å²) in [5.41, 5.74) is -0.453. The van der Waals surface area contributed by atoms with Crippen molar-refractivity contribution in [3.63, 3.8) is 0 Å². The zero-order valence-electron chi connectivity index (χ0n) is 10.7. The molecule has 0 aliphatic heterocycles. The molecule has 20 heavy (non-hydrogen) atoms. The van der Waals surface area contributed by atoms with Crippen molar-refractivity contribution in [1.82, 2.24) is 5.32 Å². The molecule has 0 saturated heterocycles. The maximum atomic E-state index is 13.4. The van der Waals surface area contributed by atoms with Gasteiger partial charge in [0.05, 0.1) is 11.8 Å². The molecule has 1 aromatic carbocycles.